The third-order valence-electron chi connectivity index (χ3n) is 8.23. The van der Waals surface area contributed by atoms with E-state index in [9.17, 15) is 9.90 Å². The average molecular weight is 306 g/mol. The second-order valence-electron chi connectivity index (χ2n) is 9.03. The molecule has 3 aliphatic carbocycles. The van der Waals surface area contributed by atoms with Crippen molar-refractivity contribution in [3.05, 3.63) is 0 Å². The number of aliphatic hydroxyl groups is 1. The van der Waals surface area contributed by atoms with Crippen molar-refractivity contribution in [2.75, 3.05) is 0 Å². The Labute approximate surface area is 136 Å². The standard InChI is InChI=1S/C20H34O2/c1-5-14-12-15(21)8-10-19(14,3)17-9-11-20(4)16(13(17)2)6-7-18(20)22/h13-17,21H,5-12H2,1-4H3/t13-,14+,15+,16?,17?,19+,20+/m1/s1. The van der Waals surface area contributed by atoms with Crippen LogP contribution in [0, 0.1) is 34.5 Å². The van der Waals surface area contributed by atoms with Gasteiger partial charge in [-0.1, -0.05) is 34.1 Å². The summed E-state index contributed by atoms with van der Waals surface area (Å²) in [7, 11) is 0. The molecule has 0 aromatic rings. The summed E-state index contributed by atoms with van der Waals surface area (Å²) in [5, 5.41) is 10.1. The smallest absolute Gasteiger partial charge is 0.139 e. The topological polar surface area (TPSA) is 37.3 Å². The average Bonchev–Trinajstić information content (AvgIpc) is 2.78. The third-order valence-corrected chi connectivity index (χ3v) is 8.23. The number of carbonyl (C=O) groups is 1. The first kappa shape index (κ1) is 16.5. The Kier molecular flexibility index (Phi) is 4.21. The molecule has 2 nitrogen and oxygen atoms in total. The first-order chi connectivity index (χ1) is 10.3. The second-order valence-corrected chi connectivity index (χ2v) is 9.03. The van der Waals surface area contributed by atoms with Crippen molar-refractivity contribution in [2.45, 2.75) is 85.2 Å². The Morgan fingerprint density at radius 1 is 1.14 bits per heavy atom. The van der Waals surface area contributed by atoms with Crippen LogP contribution in [-0.4, -0.2) is 17.0 Å². The van der Waals surface area contributed by atoms with Gasteiger partial charge in [0.2, 0.25) is 0 Å². The highest BCUT2D eigenvalue weighted by Crippen LogP contribution is 2.61. The van der Waals surface area contributed by atoms with Crippen LogP contribution in [0.15, 0.2) is 0 Å². The van der Waals surface area contributed by atoms with Crippen LogP contribution in [0.4, 0.5) is 0 Å². The molecule has 0 aromatic heterocycles. The lowest BCUT2D eigenvalue weighted by molar-refractivity contribution is -0.133. The van der Waals surface area contributed by atoms with Crippen LogP contribution in [0.5, 0.6) is 0 Å². The molecule has 0 spiro atoms. The van der Waals surface area contributed by atoms with Gasteiger partial charge in [0.25, 0.3) is 0 Å². The van der Waals surface area contributed by atoms with E-state index < -0.39 is 0 Å². The van der Waals surface area contributed by atoms with E-state index in [1.165, 1.54) is 19.3 Å². The Bertz CT molecular complexity index is 445. The van der Waals surface area contributed by atoms with Gasteiger partial charge >= 0.3 is 0 Å². The van der Waals surface area contributed by atoms with Gasteiger partial charge in [-0.2, -0.15) is 0 Å². The largest absolute Gasteiger partial charge is 0.393 e. The third kappa shape index (κ3) is 2.28. The first-order valence-electron chi connectivity index (χ1n) is 9.54. The summed E-state index contributed by atoms with van der Waals surface area (Å²) in [6.45, 7) is 9.45. The fraction of sp³-hybridized carbons (Fsp3) is 0.950. The van der Waals surface area contributed by atoms with Gasteiger partial charge in [-0.3, -0.25) is 4.79 Å². The lowest BCUT2D eigenvalue weighted by atomic mass is 9.49. The van der Waals surface area contributed by atoms with Gasteiger partial charge in [-0.25, -0.2) is 0 Å². The fourth-order valence-corrected chi connectivity index (χ4v) is 6.71. The minimum Gasteiger partial charge on any atom is -0.393 e. The molecule has 2 unspecified atom stereocenters. The number of rotatable bonds is 2. The van der Waals surface area contributed by atoms with Crippen molar-refractivity contribution in [3.8, 4) is 0 Å². The van der Waals surface area contributed by atoms with E-state index in [1.807, 2.05) is 0 Å². The maximum atomic E-state index is 12.4. The van der Waals surface area contributed by atoms with Gasteiger partial charge in [0.15, 0.2) is 0 Å². The predicted octanol–water partition coefficient (Wildman–Crippen LogP) is 4.60. The zero-order valence-electron chi connectivity index (χ0n) is 14.9. The molecule has 126 valence electrons. The Balaban J connectivity index is 1.85. The van der Waals surface area contributed by atoms with E-state index >= 15 is 0 Å². The Morgan fingerprint density at radius 2 is 1.86 bits per heavy atom. The summed E-state index contributed by atoms with van der Waals surface area (Å²) in [6.07, 6.45) is 8.44. The van der Waals surface area contributed by atoms with Gasteiger partial charge in [0.1, 0.15) is 5.78 Å². The molecule has 0 heterocycles. The number of aliphatic hydroxyl groups excluding tert-OH is 1. The molecule has 3 fully saturated rings. The molecule has 22 heavy (non-hydrogen) atoms. The molecule has 0 aliphatic heterocycles. The Hall–Kier alpha value is -0.370. The maximum Gasteiger partial charge on any atom is 0.139 e. The number of fused-ring (bicyclic) bond motifs is 1. The van der Waals surface area contributed by atoms with Gasteiger partial charge in [0.05, 0.1) is 6.10 Å². The van der Waals surface area contributed by atoms with Crippen LogP contribution in [-0.2, 0) is 4.79 Å². The van der Waals surface area contributed by atoms with Crippen molar-refractivity contribution in [1.82, 2.24) is 0 Å². The molecule has 0 bridgehead atoms. The maximum absolute atomic E-state index is 12.4. The van der Waals surface area contributed by atoms with Crippen molar-refractivity contribution < 1.29 is 9.90 Å². The molecular weight excluding hydrogens is 272 g/mol. The molecule has 7 atom stereocenters. The predicted molar refractivity (Wildman–Crippen MR) is 89.5 cm³/mol. The minimum absolute atomic E-state index is 0.0256. The van der Waals surface area contributed by atoms with E-state index in [0.717, 1.165) is 38.0 Å². The fourth-order valence-electron chi connectivity index (χ4n) is 6.71. The molecule has 0 radical (unpaired) electrons. The highest BCUT2D eigenvalue weighted by molar-refractivity contribution is 5.87. The summed E-state index contributed by atoms with van der Waals surface area (Å²) < 4.78 is 0. The number of Topliss-reactive ketones (excluding diaryl/α,β-unsaturated/α-hetero) is 1. The first-order valence-corrected chi connectivity index (χ1v) is 9.54. The van der Waals surface area contributed by atoms with E-state index in [1.54, 1.807) is 0 Å². The molecule has 0 saturated heterocycles. The van der Waals surface area contributed by atoms with E-state index in [-0.39, 0.29) is 11.5 Å². The molecule has 3 aliphatic rings. The highest BCUT2D eigenvalue weighted by Gasteiger charge is 2.56. The van der Waals surface area contributed by atoms with Gasteiger partial charge in [-0.15, -0.1) is 0 Å². The lowest BCUT2D eigenvalue weighted by Gasteiger charge is -2.55. The molecule has 3 rings (SSSR count). The lowest BCUT2D eigenvalue weighted by Crippen LogP contribution is -2.50. The molecular formula is C20H34O2. The van der Waals surface area contributed by atoms with Gasteiger partial charge in [0, 0.05) is 11.8 Å². The summed E-state index contributed by atoms with van der Waals surface area (Å²) in [5.41, 5.74) is 0.336. The summed E-state index contributed by atoms with van der Waals surface area (Å²) in [6, 6.07) is 0. The van der Waals surface area contributed by atoms with Crippen LogP contribution in [0.2, 0.25) is 0 Å². The van der Waals surface area contributed by atoms with Crippen LogP contribution < -0.4 is 0 Å². The minimum atomic E-state index is -0.0877. The summed E-state index contributed by atoms with van der Waals surface area (Å²) >= 11 is 0. The highest BCUT2D eigenvalue weighted by atomic mass is 16.3. The monoisotopic (exact) mass is 306 g/mol. The molecule has 2 heteroatoms. The van der Waals surface area contributed by atoms with Crippen molar-refractivity contribution in [3.63, 3.8) is 0 Å². The normalized spacial score (nSPS) is 52.6. The zero-order valence-corrected chi connectivity index (χ0v) is 14.9. The number of hydrogen-bond acceptors (Lipinski definition) is 2. The van der Waals surface area contributed by atoms with Crippen LogP contribution in [0.3, 0.4) is 0 Å². The van der Waals surface area contributed by atoms with E-state index in [2.05, 4.69) is 27.7 Å². The quantitative estimate of drug-likeness (QED) is 0.810. The van der Waals surface area contributed by atoms with E-state index in [4.69, 9.17) is 0 Å². The van der Waals surface area contributed by atoms with Crippen LogP contribution >= 0.6 is 0 Å². The van der Waals surface area contributed by atoms with Gasteiger partial charge < -0.3 is 5.11 Å². The number of hydrogen-bond donors (Lipinski definition) is 1. The molecule has 1 N–H and O–H groups in total. The molecule has 0 aromatic carbocycles. The van der Waals surface area contributed by atoms with Gasteiger partial charge in [-0.05, 0) is 67.6 Å². The molecule has 0 amide bonds. The number of carbonyl (C=O) groups excluding carboxylic acids is 1. The Morgan fingerprint density at radius 3 is 2.55 bits per heavy atom. The van der Waals surface area contributed by atoms with Crippen LogP contribution in [0.25, 0.3) is 0 Å². The van der Waals surface area contributed by atoms with Crippen molar-refractivity contribution in [1.29, 1.82) is 0 Å². The number of ketones is 1. The van der Waals surface area contributed by atoms with E-state index in [0.29, 0.717) is 29.0 Å². The molecule has 3 saturated carbocycles. The van der Waals surface area contributed by atoms with Crippen molar-refractivity contribution in [2.24, 2.45) is 34.5 Å². The second kappa shape index (κ2) is 5.61. The SMILES string of the molecule is CC[C@H]1C[C@@H](O)CC[C@]1(C)C1CC[C@]2(C)C(=O)CCC2[C@H]1C. The van der Waals surface area contributed by atoms with Crippen molar-refractivity contribution >= 4 is 5.78 Å². The summed E-state index contributed by atoms with van der Waals surface area (Å²) in [5.74, 6) is 3.15. The van der Waals surface area contributed by atoms with Crippen LogP contribution in [0.1, 0.15) is 79.1 Å². The zero-order chi connectivity index (χ0) is 16.1. The summed E-state index contributed by atoms with van der Waals surface area (Å²) in [4.78, 5) is 12.4.